The van der Waals surface area contributed by atoms with Gasteiger partial charge in [0.15, 0.2) is 0 Å². The van der Waals surface area contributed by atoms with Crippen LogP contribution in [0.15, 0.2) is 12.3 Å². The van der Waals surface area contributed by atoms with Gasteiger partial charge in [-0.25, -0.2) is 0 Å². The lowest BCUT2D eigenvalue weighted by molar-refractivity contribution is -0.146. The van der Waals surface area contributed by atoms with Crippen molar-refractivity contribution in [2.24, 2.45) is 17.3 Å². The average molecular weight is 510 g/mol. The van der Waals surface area contributed by atoms with Crippen LogP contribution >= 0.6 is 0 Å². The third-order valence-corrected chi connectivity index (χ3v) is 8.82. The van der Waals surface area contributed by atoms with E-state index in [0.29, 0.717) is 36.2 Å². The van der Waals surface area contributed by atoms with Gasteiger partial charge in [-0.15, -0.1) is 0 Å². The lowest BCUT2D eigenvalue weighted by Gasteiger charge is -2.40. The predicted octanol–water partition coefficient (Wildman–Crippen LogP) is 5.19. The van der Waals surface area contributed by atoms with E-state index < -0.39 is 23.1 Å². The second kappa shape index (κ2) is 10.7. The fourth-order valence-electron chi connectivity index (χ4n) is 6.53. The zero-order valence-corrected chi connectivity index (χ0v) is 21.2. The van der Waals surface area contributed by atoms with Crippen molar-refractivity contribution in [2.75, 3.05) is 6.54 Å². The molecule has 0 radical (unpaired) electrons. The average Bonchev–Trinajstić information content (AvgIpc) is 3.27. The number of pyridine rings is 1. The Hall–Kier alpha value is -2.16. The molecule has 2 heterocycles. The molecule has 4 rings (SSSR count). The summed E-state index contributed by atoms with van der Waals surface area (Å²) in [4.78, 5) is 30.5. The number of aliphatic carboxylic acids is 1. The fraction of sp³-hybridized carbons (Fsp3) is 0.741. The molecule has 36 heavy (non-hydrogen) atoms. The molecule has 9 heteroatoms. The van der Waals surface area contributed by atoms with E-state index in [2.05, 4.69) is 24.1 Å². The predicted molar refractivity (Wildman–Crippen MR) is 129 cm³/mol. The molecule has 0 bridgehead atoms. The lowest BCUT2D eigenvalue weighted by Crippen LogP contribution is -2.49. The topological polar surface area (TPSA) is 82.5 Å². The molecular weight excluding hydrogens is 471 g/mol. The Balaban J connectivity index is 1.37. The highest BCUT2D eigenvalue weighted by Gasteiger charge is 2.50. The van der Waals surface area contributed by atoms with Crippen LogP contribution in [0.5, 0.6) is 0 Å². The number of carboxylic acids is 1. The van der Waals surface area contributed by atoms with Gasteiger partial charge in [-0.3, -0.25) is 14.6 Å². The summed E-state index contributed by atoms with van der Waals surface area (Å²) in [5, 5.41) is 12.7. The maximum Gasteiger partial charge on any atom is 0.417 e. The van der Waals surface area contributed by atoms with Gasteiger partial charge < -0.3 is 15.3 Å². The van der Waals surface area contributed by atoms with E-state index in [4.69, 9.17) is 5.11 Å². The molecule has 2 fully saturated rings. The molecular formula is C27H38F3N3O3. The molecule has 1 aromatic rings. The summed E-state index contributed by atoms with van der Waals surface area (Å²) in [6, 6.07) is 1.78. The van der Waals surface area contributed by atoms with Crippen LogP contribution in [0.4, 0.5) is 13.2 Å². The van der Waals surface area contributed by atoms with Gasteiger partial charge in [0.2, 0.25) is 5.91 Å². The summed E-state index contributed by atoms with van der Waals surface area (Å²) in [6.45, 7) is 4.82. The second-order valence-corrected chi connectivity index (χ2v) is 11.4. The summed E-state index contributed by atoms with van der Waals surface area (Å²) in [5.41, 5.74) is -0.133. The van der Waals surface area contributed by atoms with Gasteiger partial charge in [-0.1, -0.05) is 13.8 Å². The number of aromatic nitrogens is 1. The molecule has 6 nitrogen and oxygen atoms in total. The van der Waals surface area contributed by atoms with E-state index in [-0.39, 0.29) is 30.8 Å². The van der Waals surface area contributed by atoms with Crippen molar-refractivity contribution in [1.82, 2.24) is 15.2 Å². The quantitative estimate of drug-likeness (QED) is 0.529. The number of nitrogens with one attached hydrogen (secondary N) is 1. The molecule has 2 saturated carbocycles. The van der Waals surface area contributed by atoms with Crippen LogP contribution in [0.2, 0.25) is 0 Å². The van der Waals surface area contributed by atoms with E-state index in [1.165, 1.54) is 0 Å². The van der Waals surface area contributed by atoms with Crippen molar-refractivity contribution in [2.45, 2.75) is 103 Å². The molecule has 1 amide bonds. The Morgan fingerprint density at radius 3 is 2.56 bits per heavy atom. The highest BCUT2D eigenvalue weighted by atomic mass is 19.4. The number of alkyl halides is 3. The van der Waals surface area contributed by atoms with Gasteiger partial charge >= 0.3 is 12.1 Å². The zero-order chi connectivity index (χ0) is 26.1. The van der Waals surface area contributed by atoms with Gasteiger partial charge in [0.25, 0.3) is 0 Å². The van der Waals surface area contributed by atoms with Crippen LogP contribution in [-0.4, -0.2) is 45.5 Å². The minimum atomic E-state index is -4.45. The van der Waals surface area contributed by atoms with E-state index in [9.17, 15) is 22.8 Å². The first-order chi connectivity index (χ1) is 17.0. The normalized spacial score (nSPS) is 28.8. The first-order valence-corrected chi connectivity index (χ1v) is 13.3. The number of fused-ring (bicyclic) bond motifs is 1. The number of hydrogen-bond acceptors (Lipinski definition) is 4. The SMILES string of the molecule is CC(C)[C@]1(C(=O)N2CCc3ncc(C(F)(F)F)cc3C2)CC[C@@H](NC2CCC(CCC(=O)O)CC2)C1. The number of carboxylic acid groups (broad SMARTS) is 1. The van der Waals surface area contributed by atoms with E-state index in [0.717, 1.165) is 63.6 Å². The van der Waals surface area contributed by atoms with Crippen LogP contribution in [0.25, 0.3) is 0 Å². The monoisotopic (exact) mass is 509 g/mol. The van der Waals surface area contributed by atoms with Crippen molar-refractivity contribution in [1.29, 1.82) is 0 Å². The van der Waals surface area contributed by atoms with Crippen molar-refractivity contribution < 1.29 is 27.9 Å². The summed E-state index contributed by atoms with van der Waals surface area (Å²) in [6.07, 6.45) is 4.45. The van der Waals surface area contributed by atoms with Crippen LogP contribution in [0.3, 0.4) is 0 Å². The van der Waals surface area contributed by atoms with Gasteiger partial charge in [0.05, 0.1) is 11.0 Å². The molecule has 1 aliphatic heterocycles. The number of nitrogens with zero attached hydrogens (tertiary/aromatic N) is 2. The number of rotatable bonds is 7. The summed E-state index contributed by atoms with van der Waals surface area (Å²) >= 11 is 0. The molecule has 0 aromatic carbocycles. The summed E-state index contributed by atoms with van der Waals surface area (Å²) in [7, 11) is 0. The molecule has 0 saturated heterocycles. The van der Waals surface area contributed by atoms with Crippen LogP contribution in [-0.2, 0) is 28.7 Å². The Morgan fingerprint density at radius 1 is 1.19 bits per heavy atom. The smallest absolute Gasteiger partial charge is 0.417 e. The highest BCUT2D eigenvalue weighted by Crippen LogP contribution is 2.47. The Morgan fingerprint density at radius 2 is 1.92 bits per heavy atom. The number of hydrogen-bond donors (Lipinski definition) is 2. The van der Waals surface area contributed by atoms with Crippen molar-refractivity contribution in [3.05, 3.63) is 29.1 Å². The minimum absolute atomic E-state index is 0.0576. The standard InChI is InChI=1S/C27H38F3N3O3/c1-17(2)26(11-9-22(14-26)32-21-6-3-18(4-7-21)5-8-24(34)35)25(36)33-12-10-23-19(16-33)13-20(15-31-23)27(28,29)30/h13,15,17-18,21-22,32H,3-12,14,16H2,1-2H3,(H,34,35)/t18?,21?,22-,26+/m1/s1. The molecule has 3 aliphatic rings. The maximum atomic E-state index is 13.9. The molecule has 2 N–H and O–H groups in total. The van der Waals surface area contributed by atoms with Crippen LogP contribution < -0.4 is 5.32 Å². The lowest BCUT2D eigenvalue weighted by atomic mass is 9.73. The number of amides is 1. The molecule has 200 valence electrons. The number of carbonyl (C=O) groups is 2. The second-order valence-electron chi connectivity index (χ2n) is 11.4. The first-order valence-electron chi connectivity index (χ1n) is 13.3. The van der Waals surface area contributed by atoms with E-state index >= 15 is 0 Å². The summed E-state index contributed by atoms with van der Waals surface area (Å²) in [5.74, 6) is -0.0645. The zero-order valence-electron chi connectivity index (χ0n) is 21.2. The van der Waals surface area contributed by atoms with Gasteiger partial charge in [-0.2, -0.15) is 13.2 Å². The Bertz CT molecular complexity index is 959. The Labute approximate surface area is 211 Å². The third kappa shape index (κ3) is 5.87. The van der Waals surface area contributed by atoms with Crippen molar-refractivity contribution in [3.8, 4) is 0 Å². The molecule has 1 aromatic heterocycles. The minimum Gasteiger partial charge on any atom is -0.481 e. The molecule has 2 aliphatic carbocycles. The van der Waals surface area contributed by atoms with Gasteiger partial charge in [-0.05, 0) is 74.8 Å². The largest absolute Gasteiger partial charge is 0.481 e. The highest BCUT2D eigenvalue weighted by molar-refractivity contribution is 5.83. The first kappa shape index (κ1) is 26.9. The third-order valence-electron chi connectivity index (χ3n) is 8.82. The van der Waals surface area contributed by atoms with E-state index in [1.807, 2.05) is 0 Å². The van der Waals surface area contributed by atoms with Crippen molar-refractivity contribution >= 4 is 11.9 Å². The molecule has 0 spiro atoms. The van der Waals surface area contributed by atoms with Crippen LogP contribution in [0.1, 0.15) is 88.5 Å². The molecule has 2 atom stereocenters. The Kier molecular flexibility index (Phi) is 7.98. The molecule has 0 unspecified atom stereocenters. The van der Waals surface area contributed by atoms with Crippen LogP contribution in [0, 0.1) is 17.3 Å². The maximum absolute atomic E-state index is 13.9. The fourth-order valence-corrected chi connectivity index (χ4v) is 6.53. The van der Waals surface area contributed by atoms with Crippen molar-refractivity contribution in [3.63, 3.8) is 0 Å². The number of halogens is 3. The van der Waals surface area contributed by atoms with Gasteiger partial charge in [0, 0.05) is 49.9 Å². The summed E-state index contributed by atoms with van der Waals surface area (Å²) < 4.78 is 39.6. The van der Waals surface area contributed by atoms with E-state index in [1.54, 1.807) is 4.90 Å². The van der Waals surface area contributed by atoms with Gasteiger partial charge in [0.1, 0.15) is 0 Å². The number of carbonyl (C=O) groups excluding carboxylic acids is 1.